The van der Waals surface area contributed by atoms with Gasteiger partial charge in [0.1, 0.15) is 5.82 Å². The van der Waals surface area contributed by atoms with E-state index in [1.807, 2.05) is 0 Å². The molecule has 2 rings (SSSR count). The highest BCUT2D eigenvalue weighted by Gasteiger charge is 2.15. The van der Waals surface area contributed by atoms with Crippen LogP contribution in [0.3, 0.4) is 0 Å². The van der Waals surface area contributed by atoms with Crippen molar-refractivity contribution in [2.24, 2.45) is 0 Å². The summed E-state index contributed by atoms with van der Waals surface area (Å²) in [5.41, 5.74) is 0.594. The third kappa shape index (κ3) is 3.10. The lowest BCUT2D eigenvalue weighted by atomic mass is 10.1. The first-order chi connectivity index (χ1) is 9.47. The van der Waals surface area contributed by atoms with E-state index in [-0.39, 0.29) is 11.3 Å². The molecule has 2 aromatic rings. The summed E-state index contributed by atoms with van der Waals surface area (Å²) in [6.07, 6.45) is 1.40. The number of nitrogens with one attached hydrogen (secondary N) is 1. The third-order valence-corrected chi connectivity index (χ3v) is 2.86. The lowest BCUT2D eigenvalue weighted by molar-refractivity contribution is -0.385. The van der Waals surface area contributed by atoms with Gasteiger partial charge in [0.15, 0.2) is 0 Å². The number of carbonyl (C=O) groups is 1. The van der Waals surface area contributed by atoms with Gasteiger partial charge in [0.2, 0.25) is 0 Å². The molecule has 0 aliphatic carbocycles. The van der Waals surface area contributed by atoms with Gasteiger partial charge in [-0.25, -0.2) is 4.98 Å². The van der Waals surface area contributed by atoms with Crippen LogP contribution in [0, 0.1) is 17.0 Å². The fraction of sp³-hybridized carbons (Fsp3) is 0.0769. The molecular weight excluding hydrogens is 282 g/mol. The summed E-state index contributed by atoms with van der Waals surface area (Å²) in [6.45, 7) is 1.61. The van der Waals surface area contributed by atoms with E-state index in [9.17, 15) is 14.9 Å². The summed E-state index contributed by atoms with van der Waals surface area (Å²) in [7, 11) is 0. The fourth-order valence-electron chi connectivity index (χ4n) is 1.59. The van der Waals surface area contributed by atoms with Crippen molar-refractivity contribution in [3.63, 3.8) is 0 Å². The minimum absolute atomic E-state index is 0.0956. The van der Waals surface area contributed by atoms with Crippen LogP contribution in [0.15, 0.2) is 36.5 Å². The van der Waals surface area contributed by atoms with E-state index in [1.54, 1.807) is 19.1 Å². The van der Waals surface area contributed by atoms with Crippen LogP contribution in [-0.4, -0.2) is 15.8 Å². The number of rotatable bonds is 3. The zero-order chi connectivity index (χ0) is 14.7. The lowest BCUT2D eigenvalue weighted by Gasteiger charge is -2.05. The van der Waals surface area contributed by atoms with E-state index in [0.29, 0.717) is 16.4 Å². The van der Waals surface area contributed by atoms with Crippen molar-refractivity contribution in [3.8, 4) is 0 Å². The molecule has 0 radical (unpaired) electrons. The summed E-state index contributed by atoms with van der Waals surface area (Å²) in [5, 5.41) is 13.8. The van der Waals surface area contributed by atoms with E-state index in [4.69, 9.17) is 11.6 Å². The van der Waals surface area contributed by atoms with Gasteiger partial charge in [-0.2, -0.15) is 0 Å². The minimum Gasteiger partial charge on any atom is -0.307 e. The predicted octanol–water partition coefficient (Wildman–Crippen LogP) is 3.20. The van der Waals surface area contributed by atoms with Crippen molar-refractivity contribution >= 4 is 29.0 Å². The van der Waals surface area contributed by atoms with Gasteiger partial charge in [0, 0.05) is 23.4 Å². The Morgan fingerprint density at radius 1 is 1.35 bits per heavy atom. The quantitative estimate of drug-likeness (QED) is 0.695. The number of hydrogen-bond acceptors (Lipinski definition) is 4. The highest BCUT2D eigenvalue weighted by molar-refractivity contribution is 6.30. The maximum atomic E-state index is 12.0. The molecule has 0 aliphatic rings. The Bertz CT molecular complexity index is 671. The van der Waals surface area contributed by atoms with Gasteiger partial charge in [0.25, 0.3) is 11.6 Å². The van der Waals surface area contributed by atoms with E-state index in [2.05, 4.69) is 10.3 Å². The zero-order valence-electron chi connectivity index (χ0n) is 10.5. The second kappa shape index (κ2) is 5.66. The molecule has 1 N–H and O–H groups in total. The van der Waals surface area contributed by atoms with E-state index < -0.39 is 10.8 Å². The molecule has 0 saturated carbocycles. The average Bonchev–Trinajstić information content (AvgIpc) is 2.41. The molecule has 0 unspecified atom stereocenters. The maximum absolute atomic E-state index is 12.0. The standard InChI is InChI=1S/C13H10ClN3O3/c1-8-2-3-9(6-11(8)17(19)20)13(18)16-12-5-4-10(14)7-15-12/h2-7H,1H3,(H,15,16,18). The van der Waals surface area contributed by atoms with Crippen LogP contribution in [0.2, 0.25) is 5.02 Å². The molecule has 7 heteroatoms. The molecule has 102 valence electrons. The van der Waals surface area contributed by atoms with E-state index in [1.165, 1.54) is 24.4 Å². The Labute approximate surface area is 119 Å². The predicted molar refractivity (Wildman–Crippen MR) is 75.0 cm³/mol. The fourth-order valence-corrected chi connectivity index (χ4v) is 1.70. The number of hydrogen-bond donors (Lipinski definition) is 1. The topological polar surface area (TPSA) is 85.1 Å². The Morgan fingerprint density at radius 2 is 2.10 bits per heavy atom. The van der Waals surface area contributed by atoms with Crippen LogP contribution in [-0.2, 0) is 0 Å². The number of nitrogens with zero attached hydrogens (tertiary/aromatic N) is 2. The van der Waals surface area contributed by atoms with E-state index in [0.717, 1.165) is 0 Å². The summed E-state index contributed by atoms with van der Waals surface area (Å²) in [4.78, 5) is 26.2. The van der Waals surface area contributed by atoms with Crippen molar-refractivity contribution in [3.05, 3.63) is 62.8 Å². The number of aromatic nitrogens is 1. The molecule has 1 heterocycles. The van der Waals surface area contributed by atoms with Gasteiger partial charge >= 0.3 is 0 Å². The number of carbonyl (C=O) groups excluding carboxylic acids is 1. The molecule has 0 spiro atoms. The lowest BCUT2D eigenvalue weighted by Crippen LogP contribution is -2.13. The molecule has 1 aromatic heterocycles. The van der Waals surface area contributed by atoms with Crippen molar-refractivity contribution in [2.45, 2.75) is 6.92 Å². The number of aryl methyl sites for hydroxylation is 1. The number of amides is 1. The van der Waals surface area contributed by atoms with Gasteiger partial charge in [-0.05, 0) is 25.1 Å². The van der Waals surface area contributed by atoms with Crippen LogP contribution in [0.1, 0.15) is 15.9 Å². The normalized spacial score (nSPS) is 10.1. The first-order valence-electron chi connectivity index (χ1n) is 5.65. The Balaban J connectivity index is 2.23. The number of pyridine rings is 1. The largest absolute Gasteiger partial charge is 0.307 e. The van der Waals surface area contributed by atoms with Crippen molar-refractivity contribution in [1.29, 1.82) is 0 Å². The summed E-state index contributed by atoms with van der Waals surface area (Å²) in [6, 6.07) is 7.42. The van der Waals surface area contributed by atoms with Gasteiger partial charge < -0.3 is 5.32 Å². The maximum Gasteiger partial charge on any atom is 0.273 e. The molecular formula is C13H10ClN3O3. The number of nitro groups is 1. The van der Waals surface area contributed by atoms with E-state index >= 15 is 0 Å². The highest BCUT2D eigenvalue weighted by atomic mass is 35.5. The van der Waals surface area contributed by atoms with Gasteiger partial charge in [0.05, 0.1) is 9.95 Å². The average molecular weight is 292 g/mol. The molecule has 0 saturated heterocycles. The van der Waals surface area contributed by atoms with Gasteiger partial charge in [-0.15, -0.1) is 0 Å². The smallest absolute Gasteiger partial charge is 0.273 e. The number of benzene rings is 1. The number of halogens is 1. The van der Waals surface area contributed by atoms with Crippen LogP contribution in [0.5, 0.6) is 0 Å². The molecule has 1 aromatic carbocycles. The van der Waals surface area contributed by atoms with Crippen molar-refractivity contribution in [2.75, 3.05) is 5.32 Å². The molecule has 0 aliphatic heterocycles. The second-order valence-electron chi connectivity index (χ2n) is 4.07. The first-order valence-corrected chi connectivity index (χ1v) is 6.03. The van der Waals surface area contributed by atoms with Crippen LogP contribution >= 0.6 is 11.6 Å². The second-order valence-corrected chi connectivity index (χ2v) is 4.51. The van der Waals surface area contributed by atoms with Gasteiger partial charge in [-0.3, -0.25) is 14.9 Å². The summed E-state index contributed by atoms with van der Waals surface area (Å²) in [5.74, 6) is -0.148. The molecule has 1 amide bonds. The Kier molecular flexibility index (Phi) is 3.95. The third-order valence-electron chi connectivity index (χ3n) is 2.64. The van der Waals surface area contributed by atoms with Crippen LogP contribution < -0.4 is 5.32 Å². The molecule has 20 heavy (non-hydrogen) atoms. The highest BCUT2D eigenvalue weighted by Crippen LogP contribution is 2.20. The molecule has 0 bridgehead atoms. The Hall–Kier alpha value is -2.47. The van der Waals surface area contributed by atoms with Crippen LogP contribution in [0.25, 0.3) is 0 Å². The summed E-state index contributed by atoms with van der Waals surface area (Å²) < 4.78 is 0. The molecule has 0 atom stereocenters. The Morgan fingerprint density at radius 3 is 2.70 bits per heavy atom. The number of nitro benzene ring substituents is 1. The van der Waals surface area contributed by atoms with Crippen LogP contribution in [0.4, 0.5) is 11.5 Å². The zero-order valence-corrected chi connectivity index (χ0v) is 11.2. The summed E-state index contributed by atoms with van der Waals surface area (Å²) >= 11 is 5.69. The first kappa shape index (κ1) is 14.0. The van der Waals surface area contributed by atoms with Crippen molar-refractivity contribution < 1.29 is 9.72 Å². The number of anilines is 1. The SMILES string of the molecule is Cc1ccc(C(=O)Nc2ccc(Cl)cn2)cc1[N+](=O)[O-]. The molecule has 6 nitrogen and oxygen atoms in total. The monoisotopic (exact) mass is 291 g/mol. The molecule has 0 fully saturated rings. The minimum atomic E-state index is -0.521. The van der Waals surface area contributed by atoms with Gasteiger partial charge in [-0.1, -0.05) is 17.7 Å². The van der Waals surface area contributed by atoms with Crippen molar-refractivity contribution in [1.82, 2.24) is 4.98 Å².